The smallest absolute Gasteiger partial charge is 0.282 e. The molecule has 2 aromatic rings. The van der Waals surface area contributed by atoms with E-state index >= 15 is 0 Å². The third kappa shape index (κ3) is 2.54. The van der Waals surface area contributed by atoms with Crippen LogP contribution in [0.4, 0.5) is 4.39 Å². The summed E-state index contributed by atoms with van der Waals surface area (Å²) in [4.78, 5) is 22.7. The maximum Gasteiger partial charge on any atom is 0.282 e. The number of halogens is 1. The molecule has 20 heavy (non-hydrogen) atoms. The molecule has 2 aromatic heterocycles. The summed E-state index contributed by atoms with van der Waals surface area (Å²) in [5.74, 6) is -0.503. The summed E-state index contributed by atoms with van der Waals surface area (Å²) in [6.45, 7) is 2.93. The number of carbonyl (C=O) groups excluding carboxylic acids is 1. The van der Waals surface area contributed by atoms with E-state index in [0.717, 1.165) is 13.1 Å². The van der Waals surface area contributed by atoms with Crippen LogP contribution in [0, 0.1) is 5.82 Å². The van der Waals surface area contributed by atoms with Crippen LogP contribution in [0.2, 0.25) is 0 Å². The van der Waals surface area contributed by atoms with E-state index in [1.165, 1.54) is 35.9 Å². The van der Waals surface area contributed by atoms with Crippen LogP contribution in [0.15, 0.2) is 24.5 Å². The normalized spacial score (nSPS) is 15.3. The van der Waals surface area contributed by atoms with Gasteiger partial charge < -0.3 is 10.2 Å². The molecule has 0 radical (unpaired) electrons. The van der Waals surface area contributed by atoms with E-state index in [2.05, 4.69) is 15.3 Å². The number of hydrogen-bond acceptors (Lipinski definition) is 5. The molecule has 5 nitrogen and oxygen atoms in total. The van der Waals surface area contributed by atoms with Gasteiger partial charge in [-0.2, -0.15) is 0 Å². The molecule has 0 bridgehead atoms. The highest BCUT2D eigenvalue weighted by molar-refractivity contribution is 7.16. The number of pyridine rings is 1. The number of amides is 1. The van der Waals surface area contributed by atoms with Crippen molar-refractivity contribution < 1.29 is 9.18 Å². The minimum absolute atomic E-state index is 0.0981. The minimum Gasteiger partial charge on any atom is -0.334 e. The van der Waals surface area contributed by atoms with Gasteiger partial charge in [-0.1, -0.05) is 0 Å². The van der Waals surface area contributed by atoms with Crippen LogP contribution < -0.4 is 5.32 Å². The molecule has 7 heteroatoms. The molecule has 0 spiro atoms. The van der Waals surface area contributed by atoms with Crippen molar-refractivity contribution in [3.8, 4) is 10.6 Å². The van der Waals surface area contributed by atoms with Crippen molar-refractivity contribution in [2.45, 2.75) is 0 Å². The van der Waals surface area contributed by atoms with E-state index in [-0.39, 0.29) is 11.6 Å². The SMILES string of the molecule is O=C(c1ncc(-c2ncccc2F)s1)N1CCNCC1. The molecule has 0 aliphatic carbocycles. The van der Waals surface area contributed by atoms with Crippen molar-refractivity contribution in [2.24, 2.45) is 0 Å². The van der Waals surface area contributed by atoms with Crippen LogP contribution >= 0.6 is 11.3 Å². The first kappa shape index (κ1) is 13.1. The van der Waals surface area contributed by atoms with Crippen LogP contribution in [-0.2, 0) is 0 Å². The number of thiazole rings is 1. The first-order chi connectivity index (χ1) is 9.75. The van der Waals surface area contributed by atoms with Gasteiger partial charge in [0.25, 0.3) is 5.91 Å². The minimum atomic E-state index is -0.405. The highest BCUT2D eigenvalue weighted by Crippen LogP contribution is 2.27. The zero-order valence-electron chi connectivity index (χ0n) is 10.7. The summed E-state index contributed by atoms with van der Waals surface area (Å²) in [6.07, 6.45) is 3.03. The Bertz CT molecular complexity index is 624. The first-order valence-corrected chi connectivity index (χ1v) is 7.14. The molecular weight excluding hydrogens is 279 g/mol. The largest absolute Gasteiger partial charge is 0.334 e. The lowest BCUT2D eigenvalue weighted by Crippen LogP contribution is -2.46. The van der Waals surface area contributed by atoms with Gasteiger partial charge >= 0.3 is 0 Å². The molecule has 104 valence electrons. The fourth-order valence-corrected chi connectivity index (χ4v) is 2.94. The molecule has 1 aliphatic rings. The van der Waals surface area contributed by atoms with Gasteiger partial charge in [0.05, 0.1) is 4.88 Å². The van der Waals surface area contributed by atoms with Crippen LogP contribution in [-0.4, -0.2) is 47.0 Å². The second-order valence-electron chi connectivity index (χ2n) is 4.41. The van der Waals surface area contributed by atoms with Gasteiger partial charge in [-0.3, -0.25) is 9.78 Å². The standard InChI is InChI=1S/C13H13FN4OS/c14-9-2-1-3-16-11(9)10-8-17-12(20-10)13(19)18-6-4-15-5-7-18/h1-3,8,15H,4-7H2. The molecule has 1 amide bonds. The average molecular weight is 292 g/mol. The molecule has 1 N–H and O–H groups in total. The number of nitrogens with zero attached hydrogens (tertiary/aromatic N) is 3. The van der Waals surface area contributed by atoms with Crippen LogP contribution in [0.3, 0.4) is 0 Å². The van der Waals surface area contributed by atoms with E-state index < -0.39 is 5.82 Å². The Kier molecular flexibility index (Phi) is 3.70. The Morgan fingerprint density at radius 1 is 1.35 bits per heavy atom. The monoisotopic (exact) mass is 292 g/mol. The molecule has 1 saturated heterocycles. The van der Waals surface area contributed by atoms with E-state index in [1.807, 2.05) is 0 Å². The maximum atomic E-state index is 13.7. The average Bonchev–Trinajstić information content (AvgIpc) is 2.97. The number of hydrogen-bond donors (Lipinski definition) is 1. The zero-order valence-corrected chi connectivity index (χ0v) is 11.5. The lowest BCUT2D eigenvalue weighted by atomic mass is 10.3. The van der Waals surface area contributed by atoms with Crippen LogP contribution in [0.5, 0.6) is 0 Å². The number of carbonyl (C=O) groups is 1. The molecule has 3 heterocycles. The summed E-state index contributed by atoms with van der Waals surface area (Å²) < 4.78 is 13.7. The van der Waals surface area contributed by atoms with Crippen LogP contribution in [0.25, 0.3) is 10.6 Å². The second-order valence-corrected chi connectivity index (χ2v) is 5.44. The van der Waals surface area contributed by atoms with Crippen molar-refractivity contribution >= 4 is 17.2 Å². The van der Waals surface area contributed by atoms with Crippen molar-refractivity contribution in [3.05, 3.63) is 35.4 Å². The van der Waals surface area contributed by atoms with Gasteiger partial charge in [0, 0.05) is 38.6 Å². The van der Waals surface area contributed by atoms with Crippen molar-refractivity contribution in [2.75, 3.05) is 26.2 Å². The Morgan fingerprint density at radius 3 is 2.90 bits per heavy atom. The molecule has 3 rings (SSSR count). The molecule has 0 aromatic carbocycles. The van der Waals surface area contributed by atoms with Gasteiger partial charge in [0.1, 0.15) is 11.5 Å². The van der Waals surface area contributed by atoms with Gasteiger partial charge in [0.2, 0.25) is 0 Å². The highest BCUT2D eigenvalue weighted by atomic mass is 32.1. The fraction of sp³-hybridized carbons (Fsp3) is 0.308. The molecule has 0 saturated carbocycles. The summed E-state index contributed by atoms with van der Waals surface area (Å²) in [7, 11) is 0. The Balaban J connectivity index is 1.83. The molecule has 0 unspecified atom stereocenters. The van der Waals surface area contributed by atoms with E-state index in [9.17, 15) is 9.18 Å². The third-order valence-electron chi connectivity index (χ3n) is 3.08. The molecule has 1 fully saturated rings. The summed E-state index contributed by atoms with van der Waals surface area (Å²) in [5, 5.41) is 3.57. The fourth-order valence-electron chi connectivity index (χ4n) is 2.05. The van der Waals surface area contributed by atoms with E-state index in [0.29, 0.717) is 23.0 Å². The predicted molar refractivity (Wildman–Crippen MR) is 74.1 cm³/mol. The second kappa shape index (κ2) is 5.64. The van der Waals surface area contributed by atoms with Crippen molar-refractivity contribution in [1.82, 2.24) is 20.2 Å². The van der Waals surface area contributed by atoms with E-state index in [1.54, 1.807) is 4.90 Å². The number of nitrogens with one attached hydrogen (secondary N) is 1. The van der Waals surface area contributed by atoms with Gasteiger partial charge in [-0.15, -0.1) is 11.3 Å². The van der Waals surface area contributed by atoms with Crippen molar-refractivity contribution in [3.63, 3.8) is 0 Å². The maximum absolute atomic E-state index is 13.7. The quantitative estimate of drug-likeness (QED) is 0.909. The summed E-state index contributed by atoms with van der Waals surface area (Å²) in [6, 6.07) is 2.88. The third-order valence-corrected chi connectivity index (χ3v) is 4.08. The molecular formula is C13H13FN4OS. The lowest BCUT2D eigenvalue weighted by Gasteiger charge is -2.26. The number of rotatable bonds is 2. The number of aromatic nitrogens is 2. The van der Waals surface area contributed by atoms with Crippen LogP contribution in [0.1, 0.15) is 9.80 Å². The van der Waals surface area contributed by atoms with E-state index in [4.69, 9.17) is 0 Å². The van der Waals surface area contributed by atoms with Gasteiger partial charge in [-0.05, 0) is 12.1 Å². The Morgan fingerprint density at radius 2 is 2.15 bits per heavy atom. The highest BCUT2D eigenvalue weighted by Gasteiger charge is 2.21. The number of piperazine rings is 1. The zero-order chi connectivity index (χ0) is 13.9. The first-order valence-electron chi connectivity index (χ1n) is 6.32. The summed E-state index contributed by atoms with van der Waals surface area (Å²) >= 11 is 1.18. The van der Waals surface area contributed by atoms with Crippen molar-refractivity contribution in [1.29, 1.82) is 0 Å². The van der Waals surface area contributed by atoms with Gasteiger partial charge in [0.15, 0.2) is 5.01 Å². The Labute approximate surface area is 119 Å². The topological polar surface area (TPSA) is 58.1 Å². The van der Waals surface area contributed by atoms with Gasteiger partial charge in [-0.25, -0.2) is 9.37 Å². The Hall–Kier alpha value is -1.86. The lowest BCUT2D eigenvalue weighted by molar-refractivity contribution is 0.0735. The molecule has 0 atom stereocenters. The summed E-state index contributed by atoms with van der Waals surface area (Å²) in [5.41, 5.74) is 0.240. The molecule has 1 aliphatic heterocycles. The predicted octanol–water partition coefficient (Wildman–Crippen LogP) is 1.39.